The number of aromatic nitrogens is 1. The van der Waals surface area contributed by atoms with Gasteiger partial charge < -0.3 is 25.4 Å². The smallest absolute Gasteiger partial charge is 0.223 e. The molecule has 36 heavy (non-hydrogen) atoms. The molecule has 3 rings (SSSR count). The summed E-state index contributed by atoms with van der Waals surface area (Å²) in [6.07, 6.45) is 2.67. The maximum absolute atomic E-state index is 13.2. The van der Waals surface area contributed by atoms with Crippen molar-refractivity contribution < 1.29 is 29.6 Å². The fourth-order valence-electron chi connectivity index (χ4n) is 5.21. The van der Waals surface area contributed by atoms with E-state index in [1.54, 1.807) is 20.8 Å². The van der Waals surface area contributed by atoms with Gasteiger partial charge in [-0.15, -0.1) is 11.3 Å². The summed E-state index contributed by atoms with van der Waals surface area (Å²) in [5.74, 6) is -1.33. The first kappa shape index (κ1) is 28.9. The number of nitrogens with zero attached hydrogens (tertiary/aromatic N) is 1. The lowest BCUT2D eigenvalue weighted by molar-refractivity contribution is -0.143. The van der Waals surface area contributed by atoms with Crippen molar-refractivity contribution in [2.75, 3.05) is 0 Å². The highest BCUT2D eigenvalue weighted by Crippen LogP contribution is 2.44. The van der Waals surface area contributed by atoms with Crippen molar-refractivity contribution in [1.29, 1.82) is 0 Å². The maximum atomic E-state index is 13.2. The van der Waals surface area contributed by atoms with Gasteiger partial charge in [-0.2, -0.15) is 0 Å². The molecule has 0 saturated carbocycles. The topological polar surface area (TPSA) is 132 Å². The number of ketones is 1. The van der Waals surface area contributed by atoms with Gasteiger partial charge in [-0.3, -0.25) is 9.59 Å². The summed E-state index contributed by atoms with van der Waals surface area (Å²) in [5, 5.41) is 36.6. The largest absolute Gasteiger partial charge is 0.392 e. The van der Waals surface area contributed by atoms with Crippen molar-refractivity contribution >= 4 is 29.1 Å². The Morgan fingerprint density at radius 3 is 2.61 bits per heavy atom. The highest BCUT2D eigenvalue weighted by molar-refractivity contribution is 7.09. The van der Waals surface area contributed by atoms with E-state index in [2.05, 4.69) is 17.2 Å². The summed E-state index contributed by atoms with van der Waals surface area (Å²) in [4.78, 5) is 30.7. The molecule has 3 heterocycles. The Kier molecular flexibility index (Phi) is 9.15. The zero-order chi connectivity index (χ0) is 26.8. The number of aliphatic hydroxyl groups excluding tert-OH is 3. The van der Waals surface area contributed by atoms with Crippen molar-refractivity contribution in [3.05, 3.63) is 21.7 Å². The average molecular weight is 523 g/mol. The van der Waals surface area contributed by atoms with Gasteiger partial charge >= 0.3 is 0 Å². The van der Waals surface area contributed by atoms with Gasteiger partial charge in [-0.25, -0.2) is 4.98 Å². The van der Waals surface area contributed by atoms with Crippen LogP contribution < -0.4 is 5.32 Å². The van der Waals surface area contributed by atoms with Crippen LogP contribution in [0.5, 0.6) is 0 Å². The number of nitrogens with one attached hydrogen (secondary N) is 1. The molecule has 1 amide bonds. The number of fused-ring (bicyclic) bond motifs is 1. The van der Waals surface area contributed by atoms with E-state index >= 15 is 0 Å². The summed E-state index contributed by atoms with van der Waals surface area (Å²) in [6.45, 7) is 10.8. The fraction of sp³-hybridized carbons (Fsp3) is 0.741. The molecule has 0 aliphatic carbocycles. The molecule has 4 N–H and O–H groups in total. The minimum absolute atomic E-state index is 0.0235. The first-order valence-electron chi connectivity index (χ1n) is 12.9. The average Bonchev–Trinajstić information content (AvgIpc) is 3.23. The molecule has 1 aromatic heterocycles. The van der Waals surface area contributed by atoms with Crippen LogP contribution in [-0.4, -0.2) is 61.9 Å². The number of aliphatic hydroxyl groups is 3. The van der Waals surface area contributed by atoms with Crippen LogP contribution in [0, 0.1) is 17.3 Å². The Balaban J connectivity index is 1.85. The van der Waals surface area contributed by atoms with E-state index in [4.69, 9.17) is 4.74 Å². The number of epoxide rings is 1. The Labute approximate surface area is 218 Å². The van der Waals surface area contributed by atoms with Gasteiger partial charge in [0.25, 0.3) is 0 Å². The van der Waals surface area contributed by atoms with Crippen LogP contribution in [0.1, 0.15) is 84.3 Å². The van der Waals surface area contributed by atoms with Crippen molar-refractivity contribution in [2.45, 2.75) is 110 Å². The van der Waals surface area contributed by atoms with Gasteiger partial charge in [0.05, 0.1) is 54.1 Å². The van der Waals surface area contributed by atoms with E-state index in [1.165, 1.54) is 11.3 Å². The lowest BCUT2D eigenvalue weighted by atomic mass is 9.72. The van der Waals surface area contributed by atoms with Crippen LogP contribution in [0.4, 0.5) is 0 Å². The minimum atomic E-state index is -1.19. The first-order chi connectivity index (χ1) is 16.8. The third kappa shape index (κ3) is 6.61. The molecule has 2 aliphatic rings. The summed E-state index contributed by atoms with van der Waals surface area (Å²) in [7, 11) is 0. The second kappa shape index (κ2) is 11.4. The number of amides is 1. The van der Waals surface area contributed by atoms with Gasteiger partial charge in [0, 0.05) is 17.7 Å². The molecule has 4 unspecified atom stereocenters. The Hall–Kier alpha value is -1.65. The van der Waals surface area contributed by atoms with Crippen LogP contribution in [-0.2, 0) is 20.9 Å². The summed E-state index contributed by atoms with van der Waals surface area (Å²) in [6, 6.07) is -0.331. The van der Waals surface area contributed by atoms with E-state index in [-0.39, 0.29) is 48.4 Å². The lowest BCUT2D eigenvalue weighted by Crippen LogP contribution is -2.47. The predicted octanol–water partition coefficient (Wildman–Crippen LogP) is 3.23. The molecule has 2 saturated heterocycles. The van der Waals surface area contributed by atoms with Gasteiger partial charge in [0.1, 0.15) is 10.8 Å². The zero-order valence-electron chi connectivity index (χ0n) is 22.3. The molecule has 8 nitrogen and oxygen atoms in total. The number of hydrogen-bond donors (Lipinski definition) is 4. The molecule has 2 aliphatic heterocycles. The monoisotopic (exact) mass is 522 g/mol. The van der Waals surface area contributed by atoms with Crippen molar-refractivity contribution in [3.63, 3.8) is 0 Å². The number of carbonyl (C=O) groups is 2. The number of hydrogen-bond acceptors (Lipinski definition) is 8. The van der Waals surface area contributed by atoms with E-state index in [9.17, 15) is 24.9 Å². The van der Waals surface area contributed by atoms with Gasteiger partial charge in [0.15, 0.2) is 0 Å². The van der Waals surface area contributed by atoms with E-state index in [1.807, 2.05) is 25.3 Å². The first-order valence-corrected chi connectivity index (χ1v) is 13.8. The highest BCUT2D eigenvalue weighted by atomic mass is 32.1. The van der Waals surface area contributed by atoms with E-state index < -0.39 is 23.5 Å². The SMILES string of the molecule is C/C(=C\c1csc(CO)n1)[C@@H]1CC2O[C@]2(C)CCCC(C)[C@H](O)C(C)C(=O)C(C)(C)C(O)CC(=O)N1. The number of rotatable bonds is 3. The number of carbonyl (C=O) groups excluding carboxylic acids is 2. The van der Waals surface area contributed by atoms with Crippen molar-refractivity contribution in [2.24, 2.45) is 17.3 Å². The van der Waals surface area contributed by atoms with E-state index in [0.717, 1.165) is 30.5 Å². The maximum Gasteiger partial charge on any atom is 0.223 e. The number of Topliss-reactive ketones (excluding diaryl/α,β-unsaturated/α-hetero) is 1. The molecule has 1 aromatic rings. The zero-order valence-corrected chi connectivity index (χ0v) is 23.1. The molecule has 0 bridgehead atoms. The van der Waals surface area contributed by atoms with Gasteiger partial charge in [-0.1, -0.05) is 34.1 Å². The van der Waals surface area contributed by atoms with Crippen LogP contribution in [0.3, 0.4) is 0 Å². The predicted molar refractivity (Wildman–Crippen MR) is 139 cm³/mol. The van der Waals surface area contributed by atoms with Crippen LogP contribution in [0.15, 0.2) is 11.0 Å². The van der Waals surface area contributed by atoms with Gasteiger partial charge in [-0.05, 0) is 44.3 Å². The van der Waals surface area contributed by atoms with E-state index in [0.29, 0.717) is 11.4 Å². The van der Waals surface area contributed by atoms with Crippen LogP contribution in [0.2, 0.25) is 0 Å². The highest BCUT2D eigenvalue weighted by Gasteiger charge is 2.52. The minimum Gasteiger partial charge on any atom is -0.392 e. The lowest BCUT2D eigenvalue weighted by Gasteiger charge is -2.34. The summed E-state index contributed by atoms with van der Waals surface area (Å²) in [5.41, 5.74) is 0.135. The molecule has 202 valence electrons. The second-order valence-corrected chi connectivity index (χ2v) is 12.4. The van der Waals surface area contributed by atoms with Gasteiger partial charge in [0.2, 0.25) is 5.91 Å². The third-order valence-corrected chi connectivity index (χ3v) is 8.99. The molecule has 0 radical (unpaired) electrons. The molecule has 9 heteroatoms. The second-order valence-electron chi connectivity index (χ2n) is 11.4. The van der Waals surface area contributed by atoms with Crippen LogP contribution >= 0.6 is 11.3 Å². The quantitative estimate of drug-likeness (QED) is 0.448. The van der Waals surface area contributed by atoms with Crippen molar-refractivity contribution in [1.82, 2.24) is 10.3 Å². The van der Waals surface area contributed by atoms with Crippen molar-refractivity contribution in [3.8, 4) is 0 Å². The molecule has 2 fully saturated rings. The molecular formula is C27H42N2O6S. The number of thiazole rings is 1. The molecule has 0 aromatic carbocycles. The third-order valence-electron chi connectivity index (χ3n) is 8.14. The number of ether oxygens (including phenoxy) is 1. The molecule has 0 spiro atoms. The standard InChI is InChI=1S/C27H42N2O6S/c1-15-8-7-9-27(6)21(35-27)11-19(16(2)10-18-14-36-23(13-30)28-18)29-22(32)12-20(31)26(4,5)25(34)17(3)24(15)33/h10,14-15,17,19-21,24,30-31,33H,7-9,11-13H2,1-6H3,(H,29,32)/b16-10+/t15?,17?,19-,20?,21?,24-,27+/m0/s1. The summed E-state index contributed by atoms with van der Waals surface area (Å²) < 4.78 is 6.08. The normalized spacial score (nSPS) is 36.8. The Morgan fingerprint density at radius 2 is 1.97 bits per heavy atom. The Morgan fingerprint density at radius 1 is 1.28 bits per heavy atom. The molecular weight excluding hydrogens is 480 g/mol. The molecule has 7 atom stereocenters. The fourth-order valence-corrected chi connectivity index (χ4v) is 5.82. The summed E-state index contributed by atoms with van der Waals surface area (Å²) >= 11 is 1.37. The van der Waals surface area contributed by atoms with Crippen LogP contribution in [0.25, 0.3) is 6.08 Å². The Bertz CT molecular complexity index is 975.